The summed E-state index contributed by atoms with van der Waals surface area (Å²) >= 11 is 0. The third-order valence-corrected chi connectivity index (χ3v) is 5.63. The van der Waals surface area contributed by atoms with Crippen molar-refractivity contribution < 1.29 is 9.53 Å². The Morgan fingerprint density at radius 2 is 1.70 bits per heavy atom. The number of hydrogen-bond donors (Lipinski definition) is 1. The van der Waals surface area contributed by atoms with Gasteiger partial charge in [0.05, 0.1) is 23.7 Å². The SMILES string of the molecule is CCOc1nc2ccccc2nc1N1CCC(C(=O)N[C@H](C)c2ccccc2)CC1. The molecule has 6 heteroatoms. The number of para-hydroxylation sites is 2. The number of nitrogens with one attached hydrogen (secondary N) is 1. The molecular weight excluding hydrogens is 376 g/mol. The number of carbonyl (C=O) groups excluding carboxylic acids is 1. The average molecular weight is 405 g/mol. The van der Waals surface area contributed by atoms with Crippen molar-refractivity contribution in [2.45, 2.75) is 32.7 Å². The summed E-state index contributed by atoms with van der Waals surface area (Å²) in [5, 5.41) is 3.17. The van der Waals surface area contributed by atoms with Crippen LogP contribution in [0.2, 0.25) is 0 Å². The fourth-order valence-corrected chi connectivity index (χ4v) is 3.92. The van der Waals surface area contributed by atoms with Crippen LogP contribution in [-0.4, -0.2) is 35.6 Å². The minimum absolute atomic E-state index is 0.00707. The van der Waals surface area contributed by atoms with Crippen molar-refractivity contribution in [1.82, 2.24) is 15.3 Å². The predicted molar refractivity (Wildman–Crippen MR) is 119 cm³/mol. The number of nitrogens with zero attached hydrogens (tertiary/aromatic N) is 3. The van der Waals surface area contributed by atoms with E-state index < -0.39 is 0 Å². The number of anilines is 1. The molecule has 1 saturated heterocycles. The molecule has 6 nitrogen and oxygen atoms in total. The van der Waals surface area contributed by atoms with Crippen molar-refractivity contribution >= 4 is 22.8 Å². The number of aromatic nitrogens is 2. The van der Waals surface area contributed by atoms with Crippen molar-refractivity contribution in [3.05, 3.63) is 60.2 Å². The molecule has 30 heavy (non-hydrogen) atoms. The van der Waals surface area contributed by atoms with Gasteiger partial charge in [-0.3, -0.25) is 4.79 Å². The van der Waals surface area contributed by atoms with Crippen molar-refractivity contribution in [1.29, 1.82) is 0 Å². The van der Waals surface area contributed by atoms with Crippen LogP contribution in [0.15, 0.2) is 54.6 Å². The van der Waals surface area contributed by atoms with Crippen LogP contribution in [0.1, 0.15) is 38.3 Å². The molecule has 0 aliphatic carbocycles. The first-order chi connectivity index (χ1) is 14.7. The van der Waals surface area contributed by atoms with Crippen LogP contribution in [0.5, 0.6) is 5.88 Å². The zero-order valence-electron chi connectivity index (χ0n) is 17.5. The van der Waals surface area contributed by atoms with Crippen LogP contribution in [-0.2, 0) is 4.79 Å². The Kier molecular flexibility index (Phi) is 6.12. The first-order valence-corrected chi connectivity index (χ1v) is 10.7. The molecule has 1 fully saturated rings. The molecule has 4 rings (SSSR count). The van der Waals surface area contributed by atoms with Crippen LogP contribution < -0.4 is 15.0 Å². The first kappa shape index (κ1) is 20.1. The van der Waals surface area contributed by atoms with Gasteiger partial charge in [-0.15, -0.1) is 0 Å². The fourth-order valence-electron chi connectivity index (χ4n) is 3.92. The van der Waals surface area contributed by atoms with Gasteiger partial charge in [0.1, 0.15) is 0 Å². The van der Waals surface area contributed by atoms with Crippen LogP contribution in [0.25, 0.3) is 11.0 Å². The van der Waals surface area contributed by atoms with Gasteiger partial charge in [-0.25, -0.2) is 9.97 Å². The normalized spacial score (nSPS) is 15.7. The van der Waals surface area contributed by atoms with Crippen LogP contribution in [0, 0.1) is 5.92 Å². The Morgan fingerprint density at radius 1 is 1.07 bits per heavy atom. The van der Waals surface area contributed by atoms with Gasteiger partial charge in [-0.05, 0) is 44.4 Å². The molecule has 1 amide bonds. The number of benzene rings is 2. The summed E-state index contributed by atoms with van der Waals surface area (Å²) in [6.45, 7) is 6.03. The lowest BCUT2D eigenvalue weighted by molar-refractivity contribution is -0.126. The molecule has 2 heterocycles. The number of fused-ring (bicyclic) bond motifs is 1. The van der Waals surface area contributed by atoms with Crippen LogP contribution in [0.4, 0.5) is 5.82 Å². The van der Waals surface area contributed by atoms with Gasteiger partial charge in [0.25, 0.3) is 5.88 Å². The van der Waals surface area contributed by atoms with Crippen molar-refractivity contribution in [2.75, 3.05) is 24.6 Å². The van der Waals surface area contributed by atoms with E-state index in [0.717, 1.165) is 48.3 Å². The van der Waals surface area contributed by atoms with E-state index in [0.29, 0.717) is 12.5 Å². The van der Waals surface area contributed by atoms with Crippen molar-refractivity contribution in [2.24, 2.45) is 5.92 Å². The minimum Gasteiger partial charge on any atom is -0.475 e. The number of rotatable bonds is 6. The molecule has 1 atom stereocenters. The molecule has 0 unspecified atom stereocenters. The maximum atomic E-state index is 12.8. The Hall–Kier alpha value is -3.15. The summed E-state index contributed by atoms with van der Waals surface area (Å²) in [7, 11) is 0. The molecule has 156 valence electrons. The smallest absolute Gasteiger partial charge is 0.258 e. The number of hydrogen-bond acceptors (Lipinski definition) is 5. The van der Waals surface area contributed by atoms with Gasteiger partial charge in [0.15, 0.2) is 5.82 Å². The van der Waals surface area contributed by atoms with Crippen LogP contribution >= 0.6 is 0 Å². The highest BCUT2D eigenvalue weighted by Crippen LogP contribution is 2.30. The summed E-state index contributed by atoms with van der Waals surface area (Å²) in [5.41, 5.74) is 2.80. The highest BCUT2D eigenvalue weighted by molar-refractivity contribution is 5.80. The van der Waals surface area contributed by atoms with Gasteiger partial charge in [0.2, 0.25) is 5.91 Å². The minimum atomic E-state index is 0.00707. The molecule has 1 aromatic heterocycles. The fraction of sp³-hybridized carbons (Fsp3) is 0.375. The number of ether oxygens (including phenoxy) is 1. The van der Waals surface area contributed by atoms with E-state index in [1.807, 2.05) is 68.4 Å². The molecule has 1 aliphatic heterocycles. The van der Waals surface area contributed by atoms with Crippen LogP contribution in [0.3, 0.4) is 0 Å². The summed E-state index contributed by atoms with van der Waals surface area (Å²) < 4.78 is 5.78. The second kappa shape index (κ2) is 9.11. The lowest BCUT2D eigenvalue weighted by atomic mass is 9.95. The maximum absolute atomic E-state index is 12.8. The topological polar surface area (TPSA) is 67.4 Å². The van der Waals surface area contributed by atoms with Gasteiger partial charge in [-0.2, -0.15) is 0 Å². The van der Waals surface area contributed by atoms with Crippen molar-refractivity contribution in [3.8, 4) is 5.88 Å². The van der Waals surface area contributed by atoms with E-state index in [1.54, 1.807) is 0 Å². The largest absolute Gasteiger partial charge is 0.475 e. The number of carbonyl (C=O) groups is 1. The number of piperidine rings is 1. The maximum Gasteiger partial charge on any atom is 0.258 e. The Labute approximate surface area is 177 Å². The first-order valence-electron chi connectivity index (χ1n) is 10.7. The zero-order chi connectivity index (χ0) is 20.9. The lowest BCUT2D eigenvalue weighted by Crippen LogP contribution is -2.41. The van der Waals surface area contributed by atoms with E-state index in [2.05, 4.69) is 15.2 Å². The van der Waals surface area contributed by atoms with E-state index in [-0.39, 0.29) is 17.9 Å². The third kappa shape index (κ3) is 4.37. The Balaban J connectivity index is 1.43. The number of amides is 1. The molecule has 0 saturated carbocycles. The zero-order valence-corrected chi connectivity index (χ0v) is 17.5. The van der Waals surface area contributed by atoms with Gasteiger partial charge in [-0.1, -0.05) is 42.5 Å². The van der Waals surface area contributed by atoms with E-state index in [9.17, 15) is 4.79 Å². The molecule has 0 bridgehead atoms. The summed E-state index contributed by atoms with van der Waals surface area (Å²) in [6, 6.07) is 17.9. The van der Waals surface area contributed by atoms with E-state index in [4.69, 9.17) is 9.72 Å². The summed E-state index contributed by atoms with van der Waals surface area (Å²) in [5.74, 6) is 1.47. The third-order valence-electron chi connectivity index (χ3n) is 5.63. The molecule has 1 N–H and O–H groups in total. The molecule has 0 radical (unpaired) electrons. The second-order valence-electron chi connectivity index (χ2n) is 7.68. The standard InChI is InChI=1S/C24H28N4O2/c1-3-30-24-22(26-20-11-7-8-12-21(20)27-24)28-15-13-19(14-16-28)23(29)25-17(2)18-9-5-4-6-10-18/h4-12,17,19H,3,13-16H2,1-2H3,(H,25,29)/t17-/m1/s1. The highest BCUT2D eigenvalue weighted by Gasteiger charge is 2.28. The summed E-state index contributed by atoms with van der Waals surface area (Å²) in [6.07, 6.45) is 1.57. The van der Waals surface area contributed by atoms with Crippen molar-refractivity contribution in [3.63, 3.8) is 0 Å². The molecular formula is C24H28N4O2. The molecule has 0 spiro atoms. The second-order valence-corrected chi connectivity index (χ2v) is 7.68. The van der Waals surface area contributed by atoms with E-state index >= 15 is 0 Å². The predicted octanol–water partition coefficient (Wildman–Crippen LogP) is 4.12. The Morgan fingerprint density at radius 3 is 2.37 bits per heavy atom. The van der Waals surface area contributed by atoms with Gasteiger partial charge >= 0.3 is 0 Å². The van der Waals surface area contributed by atoms with E-state index in [1.165, 1.54) is 0 Å². The summed E-state index contributed by atoms with van der Waals surface area (Å²) in [4.78, 5) is 24.5. The van der Waals surface area contributed by atoms with Gasteiger partial charge in [0, 0.05) is 19.0 Å². The highest BCUT2D eigenvalue weighted by atomic mass is 16.5. The average Bonchev–Trinajstić information content (AvgIpc) is 2.79. The Bertz CT molecular complexity index is 1000. The molecule has 3 aromatic rings. The lowest BCUT2D eigenvalue weighted by Gasteiger charge is -2.33. The molecule has 2 aromatic carbocycles. The monoisotopic (exact) mass is 404 g/mol. The molecule has 1 aliphatic rings. The quantitative estimate of drug-likeness (QED) is 0.669. The van der Waals surface area contributed by atoms with Gasteiger partial charge < -0.3 is 15.0 Å².